The van der Waals surface area contributed by atoms with Crippen molar-refractivity contribution in [1.82, 2.24) is 4.90 Å². The second-order valence-electron chi connectivity index (χ2n) is 3.42. The number of halogens is 6. The second kappa shape index (κ2) is 3.79. The third-order valence-corrected chi connectivity index (χ3v) is 2.24. The maximum absolute atomic E-state index is 12.2. The van der Waals surface area contributed by atoms with Crippen molar-refractivity contribution in [3.05, 3.63) is 0 Å². The predicted octanol–water partition coefficient (Wildman–Crippen LogP) is 0.930. The van der Waals surface area contributed by atoms with E-state index in [0.29, 0.717) is 0 Å². The highest BCUT2D eigenvalue weighted by atomic mass is 19.4. The molecule has 0 saturated carbocycles. The molecule has 0 spiro atoms. The van der Waals surface area contributed by atoms with Gasteiger partial charge in [0.15, 0.2) is 0 Å². The molecule has 0 bridgehead atoms. The summed E-state index contributed by atoms with van der Waals surface area (Å²) in [6, 6.07) is 0. The van der Waals surface area contributed by atoms with Crippen LogP contribution in [-0.4, -0.2) is 47.5 Å². The van der Waals surface area contributed by atoms with Gasteiger partial charge >= 0.3 is 18.3 Å². The molecular weight excluding hydrogens is 244 g/mol. The van der Waals surface area contributed by atoms with E-state index in [-0.39, 0.29) is 4.90 Å². The second-order valence-corrected chi connectivity index (χ2v) is 3.42. The standard InChI is InChI=1S/C7H7F6NO2/c8-6(9,10)3-1-14(2-4(3)15)5(16)7(11,12)13/h3-4,15H,1-2H2. The highest BCUT2D eigenvalue weighted by molar-refractivity contribution is 5.82. The SMILES string of the molecule is O=C(N1CC(O)C(C(F)(F)F)C1)C(F)(F)F. The number of hydrogen-bond acceptors (Lipinski definition) is 2. The summed E-state index contributed by atoms with van der Waals surface area (Å²) in [6.07, 6.45) is -12.0. The molecule has 0 aromatic carbocycles. The zero-order valence-corrected chi connectivity index (χ0v) is 7.64. The zero-order valence-electron chi connectivity index (χ0n) is 7.64. The van der Waals surface area contributed by atoms with Gasteiger partial charge in [0.2, 0.25) is 0 Å². The van der Waals surface area contributed by atoms with E-state index in [9.17, 15) is 31.1 Å². The number of alkyl halides is 6. The van der Waals surface area contributed by atoms with E-state index < -0.39 is 43.4 Å². The predicted molar refractivity (Wildman–Crippen MR) is 38.2 cm³/mol. The fraction of sp³-hybridized carbons (Fsp3) is 0.857. The Labute approximate surface area is 85.6 Å². The Balaban J connectivity index is 2.75. The first kappa shape index (κ1) is 13.1. The van der Waals surface area contributed by atoms with Crippen LogP contribution in [0.4, 0.5) is 26.3 Å². The molecule has 2 unspecified atom stereocenters. The highest BCUT2D eigenvalue weighted by Crippen LogP contribution is 2.35. The maximum Gasteiger partial charge on any atom is 0.471 e. The Morgan fingerprint density at radius 2 is 1.62 bits per heavy atom. The number of β-amino-alcohol motifs (C(OH)–C–C–N with tert-alkyl or cyclic N) is 1. The largest absolute Gasteiger partial charge is 0.471 e. The molecular formula is C7H7F6NO2. The lowest BCUT2D eigenvalue weighted by molar-refractivity contribution is -0.193. The van der Waals surface area contributed by atoms with Crippen LogP contribution in [0.25, 0.3) is 0 Å². The highest BCUT2D eigenvalue weighted by Gasteiger charge is 2.54. The smallest absolute Gasteiger partial charge is 0.391 e. The van der Waals surface area contributed by atoms with Gasteiger partial charge in [-0.3, -0.25) is 4.79 Å². The molecule has 0 aromatic heterocycles. The number of carbonyl (C=O) groups is 1. The molecule has 1 heterocycles. The lowest BCUT2D eigenvalue weighted by atomic mass is 10.1. The van der Waals surface area contributed by atoms with E-state index in [1.54, 1.807) is 0 Å². The summed E-state index contributed by atoms with van der Waals surface area (Å²) in [7, 11) is 0. The minimum atomic E-state index is -5.22. The lowest BCUT2D eigenvalue weighted by Crippen LogP contribution is -2.40. The van der Waals surface area contributed by atoms with Gasteiger partial charge in [0.05, 0.1) is 6.10 Å². The topological polar surface area (TPSA) is 40.5 Å². The number of aliphatic hydroxyl groups is 1. The van der Waals surface area contributed by atoms with Gasteiger partial charge in [-0.1, -0.05) is 0 Å². The average molecular weight is 251 g/mol. The Hall–Kier alpha value is -0.990. The molecule has 1 fully saturated rings. The van der Waals surface area contributed by atoms with E-state index in [1.165, 1.54) is 0 Å². The minimum absolute atomic E-state index is 0.0389. The summed E-state index contributed by atoms with van der Waals surface area (Å²) in [5, 5.41) is 8.93. The number of likely N-dealkylation sites (tertiary alicyclic amines) is 1. The summed E-state index contributed by atoms with van der Waals surface area (Å²) >= 11 is 0. The molecule has 3 nitrogen and oxygen atoms in total. The van der Waals surface area contributed by atoms with Crippen molar-refractivity contribution in [2.24, 2.45) is 5.92 Å². The molecule has 1 aliphatic rings. The van der Waals surface area contributed by atoms with Gasteiger partial charge < -0.3 is 10.0 Å². The van der Waals surface area contributed by atoms with E-state index in [1.807, 2.05) is 0 Å². The Bertz CT molecular complexity index is 286. The van der Waals surface area contributed by atoms with Gasteiger partial charge in [-0.05, 0) is 0 Å². The van der Waals surface area contributed by atoms with Gasteiger partial charge in [-0.15, -0.1) is 0 Å². The summed E-state index contributed by atoms with van der Waals surface area (Å²) in [4.78, 5) is 10.6. The molecule has 94 valence electrons. The Morgan fingerprint density at radius 3 is 1.94 bits per heavy atom. The van der Waals surface area contributed by atoms with Crippen molar-refractivity contribution in [3.63, 3.8) is 0 Å². The molecule has 0 radical (unpaired) electrons. The van der Waals surface area contributed by atoms with E-state index in [0.717, 1.165) is 0 Å². The van der Waals surface area contributed by atoms with Crippen molar-refractivity contribution < 1.29 is 36.2 Å². The van der Waals surface area contributed by atoms with Gasteiger partial charge in [-0.2, -0.15) is 26.3 Å². The summed E-state index contributed by atoms with van der Waals surface area (Å²) in [6.45, 7) is -2.12. The molecule has 1 saturated heterocycles. The number of amides is 1. The van der Waals surface area contributed by atoms with Crippen LogP contribution < -0.4 is 0 Å². The Morgan fingerprint density at radius 1 is 1.12 bits per heavy atom. The molecule has 0 aliphatic carbocycles. The minimum Gasteiger partial charge on any atom is -0.391 e. The third-order valence-electron chi connectivity index (χ3n) is 2.24. The normalized spacial score (nSPS) is 27.3. The van der Waals surface area contributed by atoms with E-state index in [2.05, 4.69) is 0 Å². The number of carbonyl (C=O) groups excluding carboxylic acids is 1. The molecule has 2 atom stereocenters. The fourth-order valence-electron chi connectivity index (χ4n) is 1.45. The van der Waals surface area contributed by atoms with Crippen molar-refractivity contribution in [2.75, 3.05) is 13.1 Å². The number of rotatable bonds is 0. The summed E-state index contributed by atoms with van der Waals surface area (Å²) < 4.78 is 72.2. The van der Waals surface area contributed by atoms with Crippen molar-refractivity contribution in [3.8, 4) is 0 Å². The first-order valence-corrected chi connectivity index (χ1v) is 4.14. The van der Waals surface area contributed by atoms with Crippen molar-refractivity contribution in [2.45, 2.75) is 18.5 Å². The summed E-state index contributed by atoms with van der Waals surface area (Å²) in [5.41, 5.74) is 0. The van der Waals surface area contributed by atoms with Gasteiger partial charge in [0, 0.05) is 13.1 Å². The third kappa shape index (κ3) is 2.57. The van der Waals surface area contributed by atoms with Crippen LogP contribution >= 0.6 is 0 Å². The number of aliphatic hydroxyl groups excluding tert-OH is 1. The molecule has 16 heavy (non-hydrogen) atoms. The Kier molecular flexibility index (Phi) is 3.10. The van der Waals surface area contributed by atoms with E-state index >= 15 is 0 Å². The maximum atomic E-state index is 12.2. The monoisotopic (exact) mass is 251 g/mol. The van der Waals surface area contributed by atoms with Crippen LogP contribution in [0.15, 0.2) is 0 Å². The van der Waals surface area contributed by atoms with Crippen LogP contribution in [0.1, 0.15) is 0 Å². The van der Waals surface area contributed by atoms with Gasteiger partial charge in [0.25, 0.3) is 0 Å². The van der Waals surface area contributed by atoms with Gasteiger partial charge in [0.1, 0.15) is 5.92 Å². The van der Waals surface area contributed by atoms with Crippen LogP contribution in [0.3, 0.4) is 0 Å². The van der Waals surface area contributed by atoms with Gasteiger partial charge in [-0.25, -0.2) is 0 Å². The van der Waals surface area contributed by atoms with E-state index in [4.69, 9.17) is 5.11 Å². The van der Waals surface area contributed by atoms with Crippen LogP contribution in [-0.2, 0) is 4.79 Å². The molecule has 1 amide bonds. The van der Waals surface area contributed by atoms with Crippen molar-refractivity contribution >= 4 is 5.91 Å². The van der Waals surface area contributed by atoms with Crippen LogP contribution in [0.5, 0.6) is 0 Å². The first-order valence-electron chi connectivity index (χ1n) is 4.14. The molecule has 1 N–H and O–H groups in total. The lowest BCUT2D eigenvalue weighted by Gasteiger charge is -2.18. The average Bonchev–Trinajstić information content (AvgIpc) is 2.43. The molecule has 0 aromatic rings. The van der Waals surface area contributed by atoms with Crippen molar-refractivity contribution in [1.29, 1.82) is 0 Å². The number of hydrogen-bond donors (Lipinski definition) is 1. The molecule has 9 heteroatoms. The quantitative estimate of drug-likeness (QED) is 0.651. The van der Waals surface area contributed by atoms with Crippen LogP contribution in [0, 0.1) is 5.92 Å². The fourth-order valence-corrected chi connectivity index (χ4v) is 1.45. The first-order chi connectivity index (χ1) is 7.03. The van der Waals surface area contributed by atoms with Crippen LogP contribution in [0.2, 0.25) is 0 Å². The number of nitrogens with zero attached hydrogens (tertiary/aromatic N) is 1. The molecule has 1 aliphatic heterocycles. The zero-order chi connectivity index (χ0) is 12.7. The molecule has 1 rings (SSSR count). The summed E-state index contributed by atoms with van der Waals surface area (Å²) in [5.74, 6) is -4.68.